The Labute approximate surface area is 100 Å². The van der Waals surface area contributed by atoms with Gasteiger partial charge < -0.3 is 5.32 Å². The third kappa shape index (κ3) is 4.11. The van der Waals surface area contributed by atoms with Gasteiger partial charge in [0.15, 0.2) is 0 Å². The van der Waals surface area contributed by atoms with Gasteiger partial charge >= 0.3 is 0 Å². The minimum atomic E-state index is 0.00957. The third-order valence-electron chi connectivity index (χ3n) is 2.43. The molecule has 0 aliphatic heterocycles. The summed E-state index contributed by atoms with van der Waals surface area (Å²) in [7, 11) is 0. The maximum atomic E-state index is 11.4. The van der Waals surface area contributed by atoms with Crippen molar-refractivity contribution in [3.8, 4) is 0 Å². The van der Waals surface area contributed by atoms with Crippen LogP contribution in [-0.4, -0.2) is 12.5 Å². The smallest absolute Gasteiger partial charge is 0.244 e. The Balaban J connectivity index is 1.69. The van der Waals surface area contributed by atoms with Gasteiger partial charge in [-0.25, -0.2) is 0 Å². The highest BCUT2D eigenvalue weighted by molar-refractivity contribution is 8.02. The van der Waals surface area contributed by atoms with Crippen molar-refractivity contribution in [3.63, 3.8) is 0 Å². The molecule has 1 fully saturated rings. The van der Waals surface area contributed by atoms with E-state index < -0.39 is 0 Å². The van der Waals surface area contributed by atoms with E-state index in [2.05, 4.69) is 5.32 Å². The van der Waals surface area contributed by atoms with E-state index in [0.717, 1.165) is 17.4 Å². The molecule has 16 heavy (non-hydrogen) atoms. The quantitative estimate of drug-likeness (QED) is 0.626. The molecular weight excluding hydrogens is 218 g/mol. The van der Waals surface area contributed by atoms with Crippen LogP contribution in [0.15, 0.2) is 46.7 Å². The number of carbonyl (C=O) groups is 1. The van der Waals surface area contributed by atoms with E-state index in [1.165, 1.54) is 12.8 Å². The monoisotopic (exact) mass is 233 g/mol. The number of nitrogens with one attached hydrogen (secondary N) is 1. The van der Waals surface area contributed by atoms with Crippen LogP contribution in [0.4, 0.5) is 0 Å². The van der Waals surface area contributed by atoms with Gasteiger partial charge in [-0.1, -0.05) is 30.0 Å². The van der Waals surface area contributed by atoms with Crippen molar-refractivity contribution in [3.05, 3.63) is 41.8 Å². The molecule has 84 valence electrons. The second kappa shape index (κ2) is 5.75. The van der Waals surface area contributed by atoms with Crippen molar-refractivity contribution in [2.24, 2.45) is 5.92 Å². The van der Waals surface area contributed by atoms with Crippen LogP contribution < -0.4 is 5.32 Å². The molecule has 1 amide bonds. The number of carbonyl (C=O) groups excluding carboxylic acids is 1. The van der Waals surface area contributed by atoms with Gasteiger partial charge in [0.2, 0.25) is 5.91 Å². The first-order chi connectivity index (χ1) is 7.84. The average Bonchev–Trinajstić information content (AvgIpc) is 3.12. The lowest BCUT2D eigenvalue weighted by atomic mass is 10.4. The van der Waals surface area contributed by atoms with Gasteiger partial charge in [0, 0.05) is 17.5 Å². The van der Waals surface area contributed by atoms with Crippen LogP contribution in [0.2, 0.25) is 0 Å². The zero-order chi connectivity index (χ0) is 11.2. The topological polar surface area (TPSA) is 29.1 Å². The van der Waals surface area contributed by atoms with Gasteiger partial charge in [0.05, 0.1) is 0 Å². The fourth-order valence-electron chi connectivity index (χ4n) is 1.30. The maximum Gasteiger partial charge on any atom is 0.244 e. The molecule has 0 spiro atoms. The van der Waals surface area contributed by atoms with E-state index in [-0.39, 0.29) is 5.91 Å². The lowest BCUT2D eigenvalue weighted by molar-refractivity contribution is -0.116. The number of hydrogen-bond acceptors (Lipinski definition) is 2. The summed E-state index contributed by atoms with van der Waals surface area (Å²) in [4.78, 5) is 12.5. The van der Waals surface area contributed by atoms with Crippen molar-refractivity contribution >= 4 is 17.7 Å². The Bertz CT molecular complexity index is 371. The molecule has 0 aromatic heterocycles. The van der Waals surface area contributed by atoms with E-state index in [1.54, 1.807) is 17.8 Å². The number of thioether (sulfide) groups is 1. The van der Waals surface area contributed by atoms with E-state index in [0.29, 0.717) is 0 Å². The predicted molar refractivity (Wildman–Crippen MR) is 67.2 cm³/mol. The van der Waals surface area contributed by atoms with Crippen LogP contribution in [0.25, 0.3) is 0 Å². The van der Waals surface area contributed by atoms with Crippen molar-refractivity contribution in [2.75, 3.05) is 6.54 Å². The molecule has 2 rings (SSSR count). The molecule has 0 unspecified atom stereocenters. The van der Waals surface area contributed by atoms with Gasteiger partial charge in [-0.05, 0) is 36.3 Å². The molecule has 1 saturated carbocycles. The predicted octanol–water partition coefficient (Wildman–Crippen LogP) is 2.82. The first-order valence-electron chi connectivity index (χ1n) is 5.50. The second-order valence-electron chi connectivity index (χ2n) is 3.92. The Kier molecular flexibility index (Phi) is 4.05. The largest absolute Gasteiger partial charge is 0.352 e. The molecule has 1 aliphatic carbocycles. The first-order valence-corrected chi connectivity index (χ1v) is 6.38. The summed E-state index contributed by atoms with van der Waals surface area (Å²) in [5.41, 5.74) is 0. The highest BCUT2D eigenvalue weighted by Crippen LogP contribution is 2.27. The minimum Gasteiger partial charge on any atom is -0.352 e. The lowest BCUT2D eigenvalue weighted by Crippen LogP contribution is -2.23. The summed E-state index contributed by atoms with van der Waals surface area (Å²) in [6, 6.07) is 10.0. The first kappa shape index (κ1) is 11.3. The summed E-state index contributed by atoms with van der Waals surface area (Å²) < 4.78 is 0. The van der Waals surface area contributed by atoms with Gasteiger partial charge in [0.25, 0.3) is 0 Å². The SMILES string of the molecule is O=C(/C=C/Sc1ccccc1)NCC1CC1. The minimum absolute atomic E-state index is 0.00957. The zero-order valence-electron chi connectivity index (χ0n) is 9.06. The number of amides is 1. The molecule has 1 N–H and O–H groups in total. The number of benzene rings is 1. The molecule has 2 nitrogen and oxygen atoms in total. The van der Waals surface area contributed by atoms with Crippen LogP contribution in [0, 0.1) is 5.92 Å². The standard InChI is InChI=1S/C13H15NOS/c15-13(14-10-11-6-7-11)8-9-16-12-4-2-1-3-5-12/h1-5,8-9,11H,6-7,10H2,(H,14,15)/b9-8+. The van der Waals surface area contributed by atoms with Gasteiger partial charge in [0.1, 0.15) is 0 Å². The Morgan fingerprint density at radius 2 is 2.12 bits per heavy atom. The van der Waals surface area contributed by atoms with Gasteiger partial charge in [-0.3, -0.25) is 4.79 Å². The van der Waals surface area contributed by atoms with Crippen LogP contribution in [-0.2, 0) is 4.79 Å². The Hall–Kier alpha value is -1.22. The lowest BCUT2D eigenvalue weighted by Gasteiger charge is -1.98. The van der Waals surface area contributed by atoms with Crippen molar-refractivity contribution in [2.45, 2.75) is 17.7 Å². The average molecular weight is 233 g/mol. The highest BCUT2D eigenvalue weighted by atomic mass is 32.2. The molecule has 0 bridgehead atoms. The van der Waals surface area contributed by atoms with Crippen LogP contribution in [0.1, 0.15) is 12.8 Å². The van der Waals surface area contributed by atoms with E-state index in [4.69, 9.17) is 0 Å². The fraction of sp³-hybridized carbons (Fsp3) is 0.308. The molecule has 0 saturated heterocycles. The summed E-state index contributed by atoms with van der Waals surface area (Å²) in [6.07, 6.45) is 4.13. The van der Waals surface area contributed by atoms with E-state index in [1.807, 2.05) is 35.7 Å². The molecule has 1 aromatic rings. The van der Waals surface area contributed by atoms with Crippen LogP contribution >= 0.6 is 11.8 Å². The molecular formula is C13H15NOS. The van der Waals surface area contributed by atoms with Crippen molar-refractivity contribution in [1.29, 1.82) is 0 Å². The van der Waals surface area contributed by atoms with Gasteiger partial charge in [-0.15, -0.1) is 0 Å². The number of hydrogen-bond donors (Lipinski definition) is 1. The van der Waals surface area contributed by atoms with E-state index >= 15 is 0 Å². The molecule has 0 heterocycles. The fourth-order valence-corrected chi connectivity index (χ4v) is 1.96. The van der Waals surface area contributed by atoms with Crippen LogP contribution in [0.3, 0.4) is 0 Å². The Morgan fingerprint density at radius 3 is 2.81 bits per heavy atom. The Morgan fingerprint density at radius 1 is 1.38 bits per heavy atom. The molecule has 1 aromatic carbocycles. The number of rotatable bonds is 5. The van der Waals surface area contributed by atoms with Crippen molar-refractivity contribution in [1.82, 2.24) is 5.32 Å². The summed E-state index contributed by atoms with van der Waals surface area (Å²) in [5.74, 6) is 0.745. The third-order valence-corrected chi connectivity index (χ3v) is 3.25. The molecule has 1 aliphatic rings. The highest BCUT2D eigenvalue weighted by Gasteiger charge is 2.20. The zero-order valence-corrected chi connectivity index (χ0v) is 9.87. The van der Waals surface area contributed by atoms with Gasteiger partial charge in [-0.2, -0.15) is 0 Å². The molecule has 0 radical (unpaired) electrons. The summed E-state index contributed by atoms with van der Waals surface area (Å²) >= 11 is 1.56. The molecule has 0 atom stereocenters. The summed E-state index contributed by atoms with van der Waals surface area (Å²) in [5, 5.41) is 4.72. The normalized spacial score (nSPS) is 15.2. The second-order valence-corrected chi connectivity index (χ2v) is 4.90. The van der Waals surface area contributed by atoms with Crippen molar-refractivity contribution < 1.29 is 4.79 Å². The van der Waals surface area contributed by atoms with Crippen LogP contribution in [0.5, 0.6) is 0 Å². The maximum absolute atomic E-state index is 11.4. The summed E-state index contributed by atoms with van der Waals surface area (Å²) in [6.45, 7) is 0.833. The molecule has 3 heteroatoms. The van der Waals surface area contributed by atoms with E-state index in [9.17, 15) is 4.79 Å².